The molecule has 35 heavy (non-hydrogen) atoms. The van der Waals surface area contributed by atoms with E-state index in [1.54, 1.807) is 17.2 Å². The van der Waals surface area contributed by atoms with Crippen LogP contribution in [-0.2, 0) is 6.18 Å². The largest absolute Gasteiger partial charge is 0.417 e. The first-order chi connectivity index (χ1) is 16.7. The second kappa shape index (κ2) is 8.86. The molecule has 1 saturated carbocycles. The molecule has 3 aromatic heterocycles. The Bertz CT molecular complexity index is 1230. The second-order valence-corrected chi connectivity index (χ2v) is 9.02. The number of hydrogen-bond acceptors (Lipinski definition) is 6. The highest BCUT2D eigenvalue weighted by Crippen LogP contribution is 2.38. The Morgan fingerprint density at radius 2 is 1.83 bits per heavy atom. The minimum Gasteiger partial charge on any atom is -0.365 e. The van der Waals surface area contributed by atoms with Crippen LogP contribution in [-0.4, -0.2) is 49.4 Å². The van der Waals surface area contributed by atoms with Gasteiger partial charge in [0.1, 0.15) is 11.5 Å². The monoisotopic (exact) mass is 486 g/mol. The quantitative estimate of drug-likeness (QED) is 0.547. The summed E-state index contributed by atoms with van der Waals surface area (Å²) >= 11 is 0. The van der Waals surface area contributed by atoms with Crippen molar-refractivity contribution in [3.63, 3.8) is 0 Å². The van der Waals surface area contributed by atoms with Crippen molar-refractivity contribution in [3.8, 4) is 11.5 Å². The minimum absolute atomic E-state index is 0.153. The number of halogens is 4. The Morgan fingerprint density at radius 1 is 1.06 bits per heavy atom. The normalized spacial score (nSPS) is 21.7. The highest BCUT2D eigenvalue weighted by molar-refractivity contribution is 5.99. The van der Waals surface area contributed by atoms with Crippen molar-refractivity contribution in [1.29, 1.82) is 0 Å². The number of piperidine rings is 2. The van der Waals surface area contributed by atoms with Gasteiger partial charge in [0.25, 0.3) is 5.91 Å². The summed E-state index contributed by atoms with van der Waals surface area (Å²) in [5.74, 6) is -0.0844. The standard InChI is InChI=1S/C24H22F4N6O/c1-13-6-17(21(30-8-13)22-31-10-16(25)11-32-22)23(35)34-12-14-2-4-19(34)18(7-14)33-20-5-3-15(9-29-20)24(26,27)28/h3,5-6,8-11,14,18-19H,2,4,7,12H2,1H3,(H,29,33)/t14-,18-,19+/m1/s1. The third-order valence-corrected chi connectivity index (χ3v) is 6.55. The summed E-state index contributed by atoms with van der Waals surface area (Å²) in [5, 5.41) is 3.24. The summed E-state index contributed by atoms with van der Waals surface area (Å²) in [6, 6.07) is 3.70. The van der Waals surface area contributed by atoms with Crippen molar-refractivity contribution in [2.75, 3.05) is 11.9 Å². The molecule has 2 saturated heterocycles. The second-order valence-electron chi connectivity index (χ2n) is 9.02. The molecule has 182 valence electrons. The molecule has 2 aliphatic heterocycles. The first-order valence-electron chi connectivity index (χ1n) is 11.2. The molecule has 3 aromatic rings. The van der Waals surface area contributed by atoms with Gasteiger partial charge in [-0.15, -0.1) is 0 Å². The summed E-state index contributed by atoms with van der Waals surface area (Å²) < 4.78 is 51.9. The van der Waals surface area contributed by atoms with Gasteiger partial charge in [-0.05, 0) is 55.9 Å². The number of aryl methyl sites for hydroxylation is 1. The van der Waals surface area contributed by atoms with E-state index in [1.165, 1.54) is 6.07 Å². The fourth-order valence-electron chi connectivity index (χ4n) is 4.92. The molecule has 3 fully saturated rings. The minimum atomic E-state index is -4.45. The maximum absolute atomic E-state index is 13.7. The lowest BCUT2D eigenvalue weighted by Crippen LogP contribution is -2.59. The van der Waals surface area contributed by atoms with Gasteiger partial charge in [0.2, 0.25) is 0 Å². The number of nitrogens with one attached hydrogen (secondary N) is 1. The first kappa shape index (κ1) is 23.1. The lowest BCUT2D eigenvalue weighted by Gasteiger charge is -2.50. The van der Waals surface area contributed by atoms with E-state index in [-0.39, 0.29) is 35.4 Å². The van der Waals surface area contributed by atoms with Crippen LogP contribution in [0.2, 0.25) is 0 Å². The number of anilines is 1. The Morgan fingerprint density at radius 3 is 2.49 bits per heavy atom. The van der Waals surface area contributed by atoms with Crippen LogP contribution in [0.3, 0.4) is 0 Å². The predicted molar refractivity (Wildman–Crippen MR) is 119 cm³/mol. The van der Waals surface area contributed by atoms with Crippen molar-refractivity contribution in [3.05, 3.63) is 65.5 Å². The Balaban J connectivity index is 1.40. The van der Waals surface area contributed by atoms with Gasteiger partial charge in [-0.25, -0.2) is 19.3 Å². The molecule has 1 amide bonds. The van der Waals surface area contributed by atoms with E-state index in [0.717, 1.165) is 49.5 Å². The molecule has 3 aliphatic rings. The van der Waals surface area contributed by atoms with Crippen molar-refractivity contribution in [1.82, 2.24) is 24.8 Å². The third-order valence-electron chi connectivity index (χ3n) is 6.55. The van der Waals surface area contributed by atoms with Gasteiger partial charge in [-0.2, -0.15) is 13.2 Å². The van der Waals surface area contributed by atoms with E-state index < -0.39 is 17.6 Å². The summed E-state index contributed by atoms with van der Waals surface area (Å²) in [5.41, 5.74) is 0.573. The molecule has 6 rings (SSSR count). The van der Waals surface area contributed by atoms with Crippen LogP contribution in [0.5, 0.6) is 0 Å². The highest BCUT2D eigenvalue weighted by atomic mass is 19.4. The van der Waals surface area contributed by atoms with Gasteiger partial charge in [-0.3, -0.25) is 9.78 Å². The molecule has 0 unspecified atom stereocenters. The van der Waals surface area contributed by atoms with E-state index in [2.05, 4.69) is 25.3 Å². The maximum Gasteiger partial charge on any atom is 0.417 e. The summed E-state index contributed by atoms with van der Waals surface area (Å²) in [4.78, 5) is 31.8. The summed E-state index contributed by atoms with van der Waals surface area (Å²) in [6.45, 7) is 2.39. The number of carbonyl (C=O) groups is 1. The molecule has 0 aromatic carbocycles. The van der Waals surface area contributed by atoms with Crippen LogP contribution >= 0.6 is 0 Å². The lowest BCUT2D eigenvalue weighted by molar-refractivity contribution is -0.137. The van der Waals surface area contributed by atoms with Gasteiger partial charge in [0.05, 0.1) is 29.6 Å². The molecular formula is C24H22F4N6O. The van der Waals surface area contributed by atoms with Crippen LogP contribution < -0.4 is 5.32 Å². The molecule has 0 radical (unpaired) electrons. The zero-order chi connectivity index (χ0) is 24.7. The zero-order valence-electron chi connectivity index (χ0n) is 18.8. The van der Waals surface area contributed by atoms with Crippen molar-refractivity contribution >= 4 is 11.7 Å². The number of pyridine rings is 2. The number of rotatable bonds is 4. The first-order valence-corrected chi connectivity index (χ1v) is 11.2. The fraction of sp³-hybridized carbons (Fsp3) is 0.375. The number of amides is 1. The Labute approximate surface area is 198 Å². The average molecular weight is 486 g/mol. The number of alkyl halides is 3. The van der Waals surface area contributed by atoms with Crippen molar-refractivity contribution in [2.45, 2.75) is 44.4 Å². The number of nitrogens with zero attached hydrogens (tertiary/aromatic N) is 5. The van der Waals surface area contributed by atoms with E-state index in [4.69, 9.17) is 0 Å². The van der Waals surface area contributed by atoms with Gasteiger partial charge in [0, 0.05) is 25.0 Å². The Hall–Kier alpha value is -3.63. The van der Waals surface area contributed by atoms with Crippen molar-refractivity contribution in [2.24, 2.45) is 5.92 Å². The van der Waals surface area contributed by atoms with Gasteiger partial charge < -0.3 is 10.2 Å². The van der Waals surface area contributed by atoms with Crippen molar-refractivity contribution < 1.29 is 22.4 Å². The smallest absolute Gasteiger partial charge is 0.365 e. The van der Waals surface area contributed by atoms with E-state index in [9.17, 15) is 22.4 Å². The van der Waals surface area contributed by atoms with Gasteiger partial charge >= 0.3 is 6.18 Å². The van der Waals surface area contributed by atoms with Crippen LogP contribution in [0.25, 0.3) is 11.5 Å². The Kier molecular flexibility index (Phi) is 5.86. The van der Waals surface area contributed by atoms with Crippen LogP contribution in [0, 0.1) is 18.7 Å². The van der Waals surface area contributed by atoms with E-state index in [0.29, 0.717) is 17.9 Å². The highest BCUT2D eigenvalue weighted by Gasteiger charge is 2.44. The predicted octanol–water partition coefficient (Wildman–Crippen LogP) is 4.51. The lowest BCUT2D eigenvalue weighted by atomic mass is 9.76. The summed E-state index contributed by atoms with van der Waals surface area (Å²) in [7, 11) is 0. The topological polar surface area (TPSA) is 83.9 Å². The molecule has 5 heterocycles. The average Bonchev–Trinajstić information content (AvgIpc) is 2.84. The van der Waals surface area contributed by atoms with Crippen LogP contribution in [0.15, 0.2) is 43.0 Å². The van der Waals surface area contributed by atoms with Gasteiger partial charge in [-0.1, -0.05) is 0 Å². The van der Waals surface area contributed by atoms with Gasteiger partial charge in [0.15, 0.2) is 11.6 Å². The molecule has 0 spiro atoms. The molecular weight excluding hydrogens is 464 g/mol. The molecule has 3 atom stereocenters. The molecule has 2 bridgehead atoms. The molecule has 1 aliphatic carbocycles. The molecule has 7 nitrogen and oxygen atoms in total. The third kappa shape index (κ3) is 4.67. The van der Waals surface area contributed by atoms with E-state index in [1.807, 2.05) is 6.92 Å². The van der Waals surface area contributed by atoms with Crippen LogP contribution in [0.1, 0.15) is 40.7 Å². The zero-order valence-corrected chi connectivity index (χ0v) is 18.8. The number of fused-ring (bicyclic) bond motifs is 3. The SMILES string of the molecule is Cc1cnc(-c2ncc(F)cn2)c(C(=O)N2C[C@@H]3CC[C@H]2[C@H](Nc2ccc(C(F)(F)F)cn2)C3)c1. The summed E-state index contributed by atoms with van der Waals surface area (Å²) in [6.07, 6.45) is 2.52. The van der Waals surface area contributed by atoms with Crippen LogP contribution in [0.4, 0.5) is 23.4 Å². The van der Waals surface area contributed by atoms with E-state index >= 15 is 0 Å². The molecule has 11 heteroatoms. The number of carbonyl (C=O) groups excluding carboxylic acids is 1. The maximum atomic E-state index is 13.7. The number of aromatic nitrogens is 4. The number of hydrogen-bond donors (Lipinski definition) is 1. The fourth-order valence-corrected chi connectivity index (χ4v) is 4.92. The molecule has 1 N–H and O–H groups in total.